The van der Waals surface area contributed by atoms with Gasteiger partial charge in [-0.05, 0) is 18.2 Å². The first-order chi connectivity index (χ1) is 11.8. The van der Waals surface area contributed by atoms with E-state index in [1.54, 1.807) is 6.20 Å². The number of halogens is 1. The SMILES string of the molecule is CC(C)(C)c1ncc(C(=O)N2CCc3[nH]c4ccc(Cl)cc4c3C2)s1. The number of hydrogen-bond acceptors (Lipinski definition) is 3. The number of thiazole rings is 1. The number of rotatable bonds is 1. The number of aromatic nitrogens is 2. The van der Waals surface area contributed by atoms with Gasteiger partial charge in [0.2, 0.25) is 0 Å². The molecule has 0 fully saturated rings. The molecule has 4 rings (SSSR count). The largest absolute Gasteiger partial charge is 0.358 e. The first kappa shape index (κ1) is 16.6. The smallest absolute Gasteiger partial charge is 0.265 e. The lowest BCUT2D eigenvalue weighted by molar-refractivity contribution is 0.0740. The van der Waals surface area contributed by atoms with Crippen LogP contribution in [0.15, 0.2) is 24.4 Å². The number of benzene rings is 1. The van der Waals surface area contributed by atoms with Gasteiger partial charge in [-0.3, -0.25) is 4.79 Å². The monoisotopic (exact) mass is 373 g/mol. The molecule has 2 aromatic heterocycles. The van der Waals surface area contributed by atoms with Crippen molar-refractivity contribution in [3.05, 3.63) is 50.6 Å². The Balaban J connectivity index is 1.63. The Morgan fingerprint density at radius 2 is 2.16 bits per heavy atom. The average molecular weight is 374 g/mol. The Morgan fingerprint density at radius 1 is 1.36 bits per heavy atom. The number of fused-ring (bicyclic) bond motifs is 3. The highest BCUT2D eigenvalue weighted by Gasteiger charge is 2.27. The van der Waals surface area contributed by atoms with Crippen molar-refractivity contribution in [1.82, 2.24) is 14.9 Å². The maximum Gasteiger partial charge on any atom is 0.265 e. The third-order valence-corrected chi connectivity index (χ3v) is 6.23. The highest BCUT2D eigenvalue weighted by Crippen LogP contribution is 2.32. The minimum atomic E-state index is -0.0359. The molecule has 0 spiro atoms. The first-order valence-electron chi connectivity index (χ1n) is 8.37. The molecule has 0 saturated carbocycles. The van der Waals surface area contributed by atoms with Gasteiger partial charge in [0.1, 0.15) is 4.88 Å². The highest BCUT2D eigenvalue weighted by atomic mass is 35.5. The molecule has 0 unspecified atom stereocenters. The number of nitrogens with one attached hydrogen (secondary N) is 1. The molecule has 0 bridgehead atoms. The number of carbonyl (C=O) groups is 1. The molecule has 0 radical (unpaired) electrons. The van der Waals surface area contributed by atoms with Crippen molar-refractivity contribution >= 4 is 39.7 Å². The van der Waals surface area contributed by atoms with Crippen LogP contribution in [0.1, 0.15) is 46.7 Å². The Labute approximate surface area is 155 Å². The number of H-pyrrole nitrogens is 1. The summed E-state index contributed by atoms with van der Waals surface area (Å²) >= 11 is 7.66. The summed E-state index contributed by atoms with van der Waals surface area (Å²) in [5.74, 6) is 0.0648. The molecule has 130 valence electrons. The summed E-state index contributed by atoms with van der Waals surface area (Å²) in [6, 6.07) is 5.87. The van der Waals surface area contributed by atoms with Crippen LogP contribution in [0.5, 0.6) is 0 Å². The summed E-state index contributed by atoms with van der Waals surface area (Å²) in [7, 11) is 0. The molecular formula is C19H20ClN3OS. The van der Waals surface area contributed by atoms with Crippen molar-refractivity contribution in [1.29, 1.82) is 0 Å². The van der Waals surface area contributed by atoms with Gasteiger partial charge in [-0.25, -0.2) is 4.98 Å². The van der Waals surface area contributed by atoms with E-state index >= 15 is 0 Å². The second-order valence-electron chi connectivity index (χ2n) is 7.53. The zero-order valence-electron chi connectivity index (χ0n) is 14.5. The normalized spacial score (nSPS) is 14.8. The summed E-state index contributed by atoms with van der Waals surface area (Å²) in [5, 5.41) is 2.82. The molecule has 25 heavy (non-hydrogen) atoms. The standard InChI is InChI=1S/C19H20ClN3OS/c1-19(2,3)18-21-9-16(25-18)17(24)23-7-6-15-13(10-23)12-8-11(20)4-5-14(12)22-15/h4-5,8-9,22H,6-7,10H2,1-3H3. The van der Waals surface area contributed by atoms with Crippen LogP contribution in [-0.4, -0.2) is 27.3 Å². The predicted molar refractivity (Wildman–Crippen MR) is 103 cm³/mol. The molecule has 3 heterocycles. The molecule has 1 N–H and O–H groups in total. The van der Waals surface area contributed by atoms with Gasteiger partial charge in [0.25, 0.3) is 5.91 Å². The van der Waals surface area contributed by atoms with Gasteiger partial charge in [-0.2, -0.15) is 0 Å². The van der Waals surface area contributed by atoms with E-state index in [-0.39, 0.29) is 11.3 Å². The van der Waals surface area contributed by atoms with Crippen molar-refractivity contribution in [3.8, 4) is 0 Å². The van der Waals surface area contributed by atoms with E-state index in [9.17, 15) is 4.79 Å². The molecule has 4 nitrogen and oxygen atoms in total. The number of carbonyl (C=O) groups excluding carboxylic acids is 1. The molecule has 1 aliphatic rings. The van der Waals surface area contributed by atoms with Gasteiger partial charge in [0, 0.05) is 52.1 Å². The van der Waals surface area contributed by atoms with Crippen LogP contribution >= 0.6 is 22.9 Å². The van der Waals surface area contributed by atoms with Crippen LogP contribution in [0.3, 0.4) is 0 Å². The van der Waals surface area contributed by atoms with Crippen molar-refractivity contribution in [3.63, 3.8) is 0 Å². The molecule has 0 atom stereocenters. The number of nitrogens with zero attached hydrogens (tertiary/aromatic N) is 2. The van der Waals surface area contributed by atoms with Gasteiger partial charge < -0.3 is 9.88 Å². The molecule has 0 aliphatic carbocycles. The van der Waals surface area contributed by atoms with Gasteiger partial charge in [0.15, 0.2) is 0 Å². The zero-order valence-corrected chi connectivity index (χ0v) is 16.1. The van der Waals surface area contributed by atoms with Crippen molar-refractivity contribution in [2.45, 2.75) is 39.2 Å². The van der Waals surface area contributed by atoms with Crippen molar-refractivity contribution in [2.75, 3.05) is 6.54 Å². The van der Waals surface area contributed by atoms with Gasteiger partial charge in [-0.1, -0.05) is 32.4 Å². The van der Waals surface area contributed by atoms with Crippen LogP contribution < -0.4 is 0 Å². The third-order valence-electron chi connectivity index (χ3n) is 4.58. The lowest BCUT2D eigenvalue weighted by Crippen LogP contribution is -2.35. The van der Waals surface area contributed by atoms with Crippen LogP contribution in [-0.2, 0) is 18.4 Å². The molecule has 1 aromatic carbocycles. The number of amides is 1. The van der Waals surface area contributed by atoms with E-state index in [1.165, 1.54) is 22.6 Å². The maximum absolute atomic E-state index is 12.9. The van der Waals surface area contributed by atoms with E-state index in [4.69, 9.17) is 11.6 Å². The topological polar surface area (TPSA) is 49.0 Å². The molecule has 1 amide bonds. The summed E-state index contributed by atoms with van der Waals surface area (Å²) < 4.78 is 0. The lowest BCUT2D eigenvalue weighted by atomic mass is 9.98. The lowest BCUT2D eigenvalue weighted by Gasteiger charge is -2.26. The quantitative estimate of drug-likeness (QED) is 0.667. The molecule has 3 aromatic rings. The summed E-state index contributed by atoms with van der Waals surface area (Å²) in [6.07, 6.45) is 2.55. The fourth-order valence-corrected chi connectivity index (χ4v) is 4.35. The summed E-state index contributed by atoms with van der Waals surface area (Å²) in [4.78, 5) is 23.5. The fourth-order valence-electron chi connectivity index (χ4n) is 3.24. The highest BCUT2D eigenvalue weighted by molar-refractivity contribution is 7.13. The summed E-state index contributed by atoms with van der Waals surface area (Å²) in [5.41, 5.74) is 3.43. The van der Waals surface area contributed by atoms with E-state index < -0.39 is 0 Å². The minimum Gasteiger partial charge on any atom is -0.358 e. The fraction of sp³-hybridized carbons (Fsp3) is 0.368. The van der Waals surface area contributed by atoms with Gasteiger partial charge in [-0.15, -0.1) is 11.3 Å². The minimum absolute atomic E-state index is 0.0359. The molecule has 1 aliphatic heterocycles. The summed E-state index contributed by atoms with van der Waals surface area (Å²) in [6.45, 7) is 7.67. The maximum atomic E-state index is 12.9. The predicted octanol–water partition coefficient (Wildman–Crippen LogP) is 4.77. The molecule has 6 heteroatoms. The first-order valence-corrected chi connectivity index (χ1v) is 9.57. The Kier molecular flexibility index (Phi) is 3.89. The Morgan fingerprint density at radius 3 is 2.88 bits per heavy atom. The zero-order chi connectivity index (χ0) is 17.8. The number of aromatic amines is 1. The van der Waals surface area contributed by atoms with E-state index in [0.29, 0.717) is 11.4 Å². The third kappa shape index (κ3) is 2.96. The Hall–Kier alpha value is -1.85. The van der Waals surface area contributed by atoms with Crippen LogP contribution in [0, 0.1) is 0 Å². The van der Waals surface area contributed by atoms with Crippen molar-refractivity contribution < 1.29 is 4.79 Å². The van der Waals surface area contributed by atoms with Gasteiger partial charge >= 0.3 is 0 Å². The second-order valence-corrected chi connectivity index (χ2v) is 9.00. The molecule has 0 saturated heterocycles. The number of hydrogen-bond donors (Lipinski definition) is 1. The molecular weight excluding hydrogens is 354 g/mol. The Bertz CT molecular complexity index is 967. The van der Waals surface area contributed by atoms with Crippen LogP contribution in [0.4, 0.5) is 0 Å². The van der Waals surface area contributed by atoms with Crippen LogP contribution in [0.25, 0.3) is 10.9 Å². The second kappa shape index (κ2) is 5.85. The van der Waals surface area contributed by atoms with Crippen molar-refractivity contribution in [2.24, 2.45) is 0 Å². The van der Waals surface area contributed by atoms with E-state index in [0.717, 1.165) is 33.9 Å². The van der Waals surface area contributed by atoms with Gasteiger partial charge in [0.05, 0.1) is 11.2 Å². The van der Waals surface area contributed by atoms with Crippen LogP contribution in [0.2, 0.25) is 5.02 Å². The average Bonchev–Trinajstić information content (AvgIpc) is 3.18. The van der Waals surface area contributed by atoms with E-state index in [2.05, 4.69) is 30.7 Å². The van der Waals surface area contributed by atoms with E-state index in [1.807, 2.05) is 23.1 Å².